The number of hydrogen-bond donors (Lipinski definition) is 1. The normalized spacial score (nSPS) is 11.4. The fraction of sp³-hybridized carbons (Fsp3) is 0. The Morgan fingerprint density at radius 3 is 2.84 bits per heavy atom. The summed E-state index contributed by atoms with van der Waals surface area (Å²) in [5, 5.41) is 1.92. The van der Waals surface area contributed by atoms with Crippen LogP contribution in [0.3, 0.4) is 0 Å². The van der Waals surface area contributed by atoms with Crippen LogP contribution in [0.2, 0.25) is 0 Å². The summed E-state index contributed by atoms with van der Waals surface area (Å²) in [5.74, 6) is 0. The van der Waals surface area contributed by atoms with Gasteiger partial charge in [-0.25, -0.2) is 4.98 Å². The number of anilines is 1. The summed E-state index contributed by atoms with van der Waals surface area (Å²) < 4.78 is 1.61. The highest BCUT2D eigenvalue weighted by Crippen LogP contribution is 2.25. The molecule has 3 aromatic heterocycles. The van der Waals surface area contributed by atoms with Gasteiger partial charge >= 0.3 is 0 Å². The van der Waals surface area contributed by atoms with E-state index in [9.17, 15) is 4.79 Å². The summed E-state index contributed by atoms with van der Waals surface area (Å²) in [6, 6.07) is 12.8. The van der Waals surface area contributed by atoms with Crippen LogP contribution in [0.25, 0.3) is 28.4 Å². The van der Waals surface area contributed by atoms with E-state index in [0.29, 0.717) is 16.3 Å². The highest BCUT2D eigenvalue weighted by Gasteiger charge is 2.10. The first-order valence-electron chi connectivity index (χ1n) is 7.66. The Labute approximate surface area is 147 Å². The fourth-order valence-corrected chi connectivity index (χ4v) is 3.49. The van der Waals surface area contributed by atoms with E-state index in [1.807, 2.05) is 53.9 Å². The molecule has 0 radical (unpaired) electrons. The van der Waals surface area contributed by atoms with Crippen LogP contribution in [0.1, 0.15) is 11.3 Å². The van der Waals surface area contributed by atoms with Crippen molar-refractivity contribution < 1.29 is 0 Å². The first kappa shape index (κ1) is 15.3. The van der Waals surface area contributed by atoms with Gasteiger partial charge in [-0.05, 0) is 29.8 Å². The SMILES string of the molecule is Nc1cccc(-c2csc3nc(C=Cc4cccnc4)cc(=O)n23)c1. The average Bonchev–Trinajstić information content (AvgIpc) is 3.05. The van der Waals surface area contributed by atoms with Crippen molar-refractivity contribution in [2.45, 2.75) is 0 Å². The number of pyridine rings is 1. The zero-order valence-corrected chi connectivity index (χ0v) is 14.0. The molecule has 4 aromatic rings. The van der Waals surface area contributed by atoms with E-state index >= 15 is 0 Å². The third-order valence-corrected chi connectivity index (χ3v) is 4.56. The lowest BCUT2D eigenvalue weighted by Crippen LogP contribution is -2.13. The van der Waals surface area contributed by atoms with Crippen molar-refractivity contribution in [1.29, 1.82) is 0 Å². The van der Waals surface area contributed by atoms with Crippen LogP contribution >= 0.6 is 11.3 Å². The predicted molar refractivity (Wildman–Crippen MR) is 102 cm³/mol. The molecule has 0 bridgehead atoms. The van der Waals surface area contributed by atoms with Crippen molar-refractivity contribution in [2.75, 3.05) is 5.73 Å². The Kier molecular flexibility index (Phi) is 3.87. The minimum Gasteiger partial charge on any atom is -0.399 e. The first-order chi connectivity index (χ1) is 12.2. The summed E-state index contributed by atoms with van der Waals surface area (Å²) in [4.78, 5) is 21.9. The third kappa shape index (κ3) is 3.07. The van der Waals surface area contributed by atoms with Crippen molar-refractivity contribution in [1.82, 2.24) is 14.4 Å². The summed E-state index contributed by atoms with van der Waals surface area (Å²) in [7, 11) is 0. The minimum absolute atomic E-state index is 0.116. The minimum atomic E-state index is -0.116. The number of nitrogens with two attached hydrogens (primary N) is 1. The van der Waals surface area contributed by atoms with Crippen LogP contribution in [0.15, 0.2) is 65.0 Å². The third-order valence-electron chi connectivity index (χ3n) is 3.74. The molecule has 25 heavy (non-hydrogen) atoms. The molecule has 0 unspecified atom stereocenters. The number of nitrogen functional groups attached to an aromatic ring is 1. The second-order valence-electron chi connectivity index (χ2n) is 5.50. The molecule has 0 aliphatic heterocycles. The van der Waals surface area contributed by atoms with E-state index in [4.69, 9.17) is 5.73 Å². The number of benzene rings is 1. The van der Waals surface area contributed by atoms with E-state index in [-0.39, 0.29) is 5.56 Å². The van der Waals surface area contributed by atoms with Crippen LogP contribution in [0, 0.1) is 0 Å². The molecule has 4 rings (SSSR count). The van der Waals surface area contributed by atoms with Gasteiger partial charge < -0.3 is 5.73 Å². The van der Waals surface area contributed by atoms with Crippen molar-refractivity contribution in [3.05, 3.63) is 81.8 Å². The molecule has 6 heteroatoms. The van der Waals surface area contributed by atoms with Gasteiger partial charge in [-0.15, -0.1) is 11.3 Å². The van der Waals surface area contributed by atoms with Gasteiger partial charge in [-0.1, -0.05) is 24.3 Å². The maximum absolute atomic E-state index is 12.6. The highest BCUT2D eigenvalue weighted by atomic mass is 32.1. The molecule has 0 saturated heterocycles. The summed E-state index contributed by atoms with van der Waals surface area (Å²) >= 11 is 1.43. The molecule has 0 atom stereocenters. The molecule has 2 N–H and O–H groups in total. The molecule has 0 amide bonds. The predicted octanol–water partition coefficient (Wildman–Crippen LogP) is 3.57. The Bertz CT molecular complexity index is 1130. The van der Waals surface area contributed by atoms with E-state index in [1.165, 1.54) is 17.4 Å². The van der Waals surface area contributed by atoms with Gasteiger partial charge in [0.1, 0.15) is 0 Å². The molecular weight excluding hydrogens is 332 g/mol. The van der Waals surface area contributed by atoms with Gasteiger partial charge in [-0.2, -0.15) is 0 Å². The first-order valence-corrected chi connectivity index (χ1v) is 8.54. The lowest BCUT2D eigenvalue weighted by Gasteiger charge is -2.03. The van der Waals surface area contributed by atoms with Gasteiger partial charge in [0.25, 0.3) is 5.56 Å². The quantitative estimate of drug-likeness (QED) is 0.576. The van der Waals surface area contributed by atoms with Gasteiger partial charge in [0.2, 0.25) is 0 Å². The monoisotopic (exact) mass is 346 g/mol. The number of thiazole rings is 1. The summed E-state index contributed by atoms with van der Waals surface area (Å²) in [6.07, 6.45) is 7.18. The van der Waals surface area contributed by atoms with E-state index < -0.39 is 0 Å². The molecular formula is C19H14N4OS. The molecule has 1 aromatic carbocycles. The van der Waals surface area contributed by atoms with Crippen LogP contribution in [-0.4, -0.2) is 14.4 Å². The largest absolute Gasteiger partial charge is 0.399 e. The maximum atomic E-state index is 12.6. The van der Waals surface area contributed by atoms with E-state index in [1.54, 1.807) is 16.8 Å². The van der Waals surface area contributed by atoms with Gasteiger partial charge in [-0.3, -0.25) is 14.2 Å². The van der Waals surface area contributed by atoms with E-state index in [2.05, 4.69) is 9.97 Å². The topological polar surface area (TPSA) is 73.3 Å². The molecule has 0 aliphatic rings. The fourth-order valence-electron chi connectivity index (χ4n) is 2.58. The van der Waals surface area contributed by atoms with Crippen LogP contribution in [0.5, 0.6) is 0 Å². The summed E-state index contributed by atoms with van der Waals surface area (Å²) in [6.45, 7) is 0. The molecule has 0 aliphatic carbocycles. The number of rotatable bonds is 3. The maximum Gasteiger partial charge on any atom is 0.259 e. The average molecular weight is 346 g/mol. The molecule has 0 fully saturated rings. The molecule has 0 saturated carbocycles. The number of fused-ring (bicyclic) bond motifs is 1. The zero-order valence-electron chi connectivity index (χ0n) is 13.2. The van der Waals surface area contributed by atoms with Crippen LogP contribution in [0.4, 0.5) is 5.69 Å². The Balaban J connectivity index is 1.77. The Hall–Kier alpha value is -3.25. The zero-order chi connectivity index (χ0) is 17.2. The van der Waals surface area contributed by atoms with Crippen molar-refractivity contribution in [3.8, 4) is 11.3 Å². The number of aromatic nitrogens is 3. The van der Waals surface area contributed by atoms with Crippen molar-refractivity contribution in [3.63, 3.8) is 0 Å². The van der Waals surface area contributed by atoms with Gasteiger partial charge in [0, 0.05) is 35.1 Å². The second-order valence-corrected chi connectivity index (χ2v) is 6.34. The Morgan fingerprint density at radius 2 is 2.04 bits per heavy atom. The van der Waals surface area contributed by atoms with Gasteiger partial charge in [0.15, 0.2) is 4.96 Å². The molecule has 5 nitrogen and oxygen atoms in total. The summed E-state index contributed by atoms with van der Waals surface area (Å²) in [5.41, 5.74) is 9.67. The number of nitrogens with zero attached hydrogens (tertiary/aromatic N) is 3. The lowest BCUT2D eigenvalue weighted by atomic mass is 10.1. The molecule has 3 heterocycles. The number of hydrogen-bond acceptors (Lipinski definition) is 5. The lowest BCUT2D eigenvalue weighted by molar-refractivity contribution is 1.08. The molecule has 122 valence electrons. The van der Waals surface area contributed by atoms with Crippen molar-refractivity contribution in [2.24, 2.45) is 0 Å². The standard InChI is InChI=1S/C19H14N4OS/c20-15-5-1-4-14(9-15)17-12-25-19-22-16(10-18(24)23(17)19)7-6-13-3-2-8-21-11-13/h1-12H,20H2. The van der Waals surface area contributed by atoms with E-state index in [0.717, 1.165) is 16.8 Å². The second kappa shape index (κ2) is 6.33. The van der Waals surface area contributed by atoms with Gasteiger partial charge in [0.05, 0.1) is 11.4 Å². The van der Waals surface area contributed by atoms with Crippen molar-refractivity contribution >= 4 is 34.1 Å². The highest BCUT2D eigenvalue weighted by molar-refractivity contribution is 7.15. The van der Waals surface area contributed by atoms with Crippen LogP contribution in [-0.2, 0) is 0 Å². The smallest absolute Gasteiger partial charge is 0.259 e. The van der Waals surface area contributed by atoms with Crippen LogP contribution < -0.4 is 11.3 Å². The Morgan fingerprint density at radius 1 is 1.12 bits per heavy atom. The molecule has 0 spiro atoms.